The highest BCUT2D eigenvalue weighted by Gasteiger charge is 2.14. The van der Waals surface area contributed by atoms with Gasteiger partial charge in [-0.2, -0.15) is 0 Å². The molecule has 19 heavy (non-hydrogen) atoms. The monoisotopic (exact) mass is 263 g/mol. The highest BCUT2D eigenvalue weighted by molar-refractivity contribution is 5.88. The highest BCUT2D eigenvalue weighted by Crippen LogP contribution is 2.17. The van der Waals surface area contributed by atoms with E-state index in [4.69, 9.17) is 0 Å². The molecule has 0 spiro atoms. The van der Waals surface area contributed by atoms with Crippen molar-refractivity contribution in [3.63, 3.8) is 0 Å². The lowest BCUT2D eigenvalue weighted by atomic mass is 10.1. The molecule has 1 saturated heterocycles. The molecule has 2 heterocycles. The van der Waals surface area contributed by atoms with Crippen LogP contribution in [0.25, 0.3) is 0 Å². The maximum Gasteiger partial charge on any atom is 0.335 e. The van der Waals surface area contributed by atoms with Crippen LogP contribution in [-0.2, 0) is 6.42 Å². The maximum absolute atomic E-state index is 11.2. The van der Waals surface area contributed by atoms with E-state index < -0.39 is 5.97 Å². The lowest BCUT2D eigenvalue weighted by Crippen LogP contribution is -2.29. The van der Waals surface area contributed by atoms with Gasteiger partial charge < -0.3 is 15.3 Å². The Morgan fingerprint density at radius 3 is 3.00 bits per heavy atom. The lowest BCUT2D eigenvalue weighted by molar-refractivity contribution is 0.0696. The predicted molar refractivity (Wildman–Crippen MR) is 74.9 cm³/mol. The van der Waals surface area contributed by atoms with Crippen molar-refractivity contribution in [2.75, 3.05) is 31.1 Å². The number of carboxylic acids is 1. The average molecular weight is 263 g/mol. The van der Waals surface area contributed by atoms with E-state index in [1.807, 2.05) is 0 Å². The Bertz CT molecular complexity index is 440. The number of carbonyl (C=O) groups is 1. The summed E-state index contributed by atoms with van der Waals surface area (Å²) in [5.74, 6) is -0.0824. The van der Waals surface area contributed by atoms with E-state index in [9.17, 15) is 9.90 Å². The number of anilines is 1. The summed E-state index contributed by atoms with van der Waals surface area (Å²) in [5.41, 5.74) is 1.21. The van der Waals surface area contributed by atoms with Crippen LogP contribution in [0.4, 0.5) is 5.82 Å². The number of rotatable bonds is 4. The normalized spacial score (nSPS) is 16.2. The summed E-state index contributed by atoms with van der Waals surface area (Å²) >= 11 is 0. The van der Waals surface area contributed by atoms with Crippen molar-refractivity contribution in [1.29, 1.82) is 0 Å². The van der Waals surface area contributed by atoms with Crippen LogP contribution in [0.1, 0.15) is 35.8 Å². The predicted octanol–water partition coefficient (Wildman–Crippen LogP) is 1.53. The minimum Gasteiger partial charge on any atom is -0.478 e. The lowest BCUT2D eigenvalue weighted by Gasteiger charge is -2.22. The topological polar surface area (TPSA) is 65.5 Å². The van der Waals surface area contributed by atoms with Crippen LogP contribution < -0.4 is 10.2 Å². The molecule has 2 rings (SSSR count). The molecule has 1 aromatic rings. The van der Waals surface area contributed by atoms with Gasteiger partial charge in [0.15, 0.2) is 0 Å². The summed E-state index contributed by atoms with van der Waals surface area (Å²) in [6.45, 7) is 5.81. The highest BCUT2D eigenvalue weighted by atomic mass is 16.4. The van der Waals surface area contributed by atoms with Gasteiger partial charge in [-0.05, 0) is 31.5 Å². The first-order chi connectivity index (χ1) is 9.20. The van der Waals surface area contributed by atoms with Gasteiger partial charge >= 0.3 is 5.97 Å². The van der Waals surface area contributed by atoms with Crippen molar-refractivity contribution < 1.29 is 9.90 Å². The van der Waals surface area contributed by atoms with Crippen LogP contribution in [0, 0.1) is 0 Å². The van der Waals surface area contributed by atoms with Crippen molar-refractivity contribution in [2.45, 2.75) is 26.2 Å². The first-order valence-electron chi connectivity index (χ1n) is 6.90. The second-order valence-corrected chi connectivity index (χ2v) is 4.85. The van der Waals surface area contributed by atoms with Crippen molar-refractivity contribution in [2.24, 2.45) is 0 Å². The number of carboxylic acid groups (broad SMARTS) is 1. The standard InChI is InChI=1S/C14H21N3O2/c1-2-4-12-9-11(14(18)19)10-13(16-12)17-7-3-5-15-6-8-17/h9-10,15H,2-8H2,1H3,(H,18,19). The van der Waals surface area contributed by atoms with Crippen LogP contribution >= 0.6 is 0 Å². The second-order valence-electron chi connectivity index (χ2n) is 4.85. The third-order valence-electron chi connectivity index (χ3n) is 3.28. The zero-order valence-corrected chi connectivity index (χ0v) is 11.4. The van der Waals surface area contributed by atoms with Crippen LogP contribution in [0.2, 0.25) is 0 Å². The molecule has 0 aromatic carbocycles. The molecule has 5 nitrogen and oxygen atoms in total. The van der Waals surface area contributed by atoms with Crippen molar-refractivity contribution in [3.05, 3.63) is 23.4 Å². The smallest absolute Gasteiger partial charge is 0.335 e. The van der Waals surface area contributed by atoms with Gasteiger partial charge in [-0.25, -0.2) is 9.78 Å². The van der Waals surface area contributed by atoms with Crippen molar-refractivity contribution in [3.8, 4) is 0 Å². The molecule has 1 aliphatic heterocycles. The summed E-state index contributed by atoms with van der Waals surface area (Å²) in [5, 5.41) is 12.5. The van der Waals surface area contributed by atoms with E-state index in [2.05, 4.69) is 22.1 Å². The Morgan fingerprint density at radius 1 is 1.42 bits per heavy atom. The largest absolute Gasteiger partial charge is 0.478 e. The number of hydrogen-bond donors (Lipinski definition) is 2. The minimum atomic E-state index is -0.881. The molecule has 2 N–H and O–H groups in total. The maximum atomic E-state index is 11.2. The summed E-state index contributed by atoms with van der Waals surface area (Å²) in [6.07, 6.45) is 2.85. The molecule has 0 aliphatic carbocycles. The number of hydrogen-bond acceptors (Lipinski definition) is 4. The van der Waals surface area contributed by atoms with Gasteiger partial charge in [0.05, 0.1) is 5.56 Å². The third kappa shape index (κ3) is 3.67. The Labute approximate surface area is 113 Å². The van der Waals surface area contributed by atoms with E-state index in [1.54, 1.807) is 12.1 Å². The van der Waals surface area contributed by atoms with E-state index in [1.165, 1.54) is 0 Å². The molecule has 0 saturated carbocycles. The van der Waals surface area contributed by atoms with Gasteiger partial charge in [0, 0.05) is 25.3 Å². The van der Waals surface area contributed by atoms with Gasteiger partial charge in [0.1, 0.15) is 5.82 Å². The van der Waals surface area contributed by atoms with Gasteiger partial charge in [0.25, 0.3) is 0 Å². The van der Waals surface area contributed by atoms with E-state index in [-0.39, 0.29) is 0 Å². The Morgan fingerprint density at radius 2 is 2.26 bits per heavy atom. The van der Waals surface area contributed by atoms with Gasteiger partial charge in [-0.3, -0.25) is 0 Å². The molecule has 1 aliphatic rings. The molecule has 0 unspecified atom stereocenters. The fourth-order valence-electron chi connectivity index (χ4n) is 2.32. The van der Waals surface area contributed by atoms with Crippen LogP contribution in [0.15, 0.2) is 12.1 Å². The third-order valence-corrected chi connectivity index (χ3v) is 3.28. The molecule has 0 atom stereocenters. The zero-order valence-electron chi connectivity index (χ0n) is 11.4. The number of nitrogens with zero attached hydrogens (tertiary/aromatic N) is 2. The fourth-order valence-corrected chi connectivity index (χ4v) is 2.32. The molecule has 0 amide bonds. The number of aryl methyl sites for hydroxylation is 1. The van der Waals surface area contributed by atoms with Crippen LogP contribution in [0.3, 0.4) is 0 Å². The van der Waals surface area contributed by atoms with E-state index >= 15 is 0 Å². The second kappa shape index (κ2) is 6.52. The average Bonchev–Trinajstić information content (AvgIpc) is 2.67. The van der Waals surface area contributed by atoms with E-state index in [0.29, 0.717) is 5.56 Å². The van der Waals surface area contributed by atoms with E-state index in [0.717, 1.165) is 57.0 Å². The number of aromatic nitrogens is 1. The van der Waals surface area contributed by atoms with Gasteiger partial charge in [-0.1, -0.05) is 13.3 Å². The van der Waals surface area contributed by atoms with Crippen LogP contribution in [-0.4, -0.2) is 42.2 Å². The first-order valence-corrected chi connectivity index (χ1v) is 6.90. The molecule has 1 aromatic heterocycles. The first kappa shape index (κ1) is 13.8. The molecule has 0 radical (unpaired) electrons. The molecule has 104 valence electrons. The Balaban J connectivity index is 2.28. The number of pyridine rings is 1. The summed E-state index contributed by atoms with van der Waals surface area (Å²) in [4.78, 5) is 18.0. The minimum absolute atomic E-state index is 0.339. The fraction of sp³-hybridized carbons (Fsp3) is 0.571. The quantitative estimate of drug-likeness (QED) is 0.862. The molecule has 1 fully saturated rings. The molecular formula is C14H21N3O2. The summed E-state index contributed by atoms with van der Waals surface area (Å²) in [6, 6.07) is 3.37. The number of nitrogens with one attached hydrogen (secondary N) is 1. The van der Waals surface area contributed by atoms with Gasteiger partial charge in [-0.15, -0.1) is 0 Å². The Hall–Kier alpha value is -1.62. The van der Waals surface area contributed by atoms with Gasteiger partial charge in [0.2, 0.25) is 0 Å². The molecular weight excluding hydrogens is 242 g/mol. The molecule has 5 heteroatoms. The van der Waals surface area contributed by atoms with Crippen LogP contribution in [0.5, 0.6) is 0 Å². The summed E-state index contributed by atoms with van der Waals surface area (Å²) in [7, 11) is 0. The van der Waals surface area contributed by atoms with Crippen molar-refractivity contribution in [1.82, 2.24) is 10.3 Å². The SMILES string of the molecule is CCCc1cc(C(=O)O)cc(N2CCCNCC2)n1. The zero-order chi connectivity index (χ0) is 13.7. The number of aromatic carboxylic acids is 1. The Kier molecular flexibility index (Phi) is 4.74. The molecule has 0 bridgehead atoms. The van der Waals surface area contributed by atoms with Crippen molar-refractivity contribution >= 4 is 11.8 Å². The summed E-state index contributed by atoms with van der Waals surface area (Å²) < 4.78 is 0.